The second kappa shape index (κ2) is 8.71. The van der Waals surface area contributed by atoms with E-state index in [-0.39, 0.29) is 0 Å². The lowest BCUT2D eigenvalue weighted by Crippen LogP contribution is -2.52. The SMILES string of the molecule is COCCOCCNC(=O)NC(C(=O)O)C(C)(C)C. The molecular formula is C12H24N2O5. The van der Waals surface area contributed by atoms with E-state index >= 15 is 0 Å². The molecule has 0 saturated carbocycles. The molecule has 7 heteroatoms. The molecule has 112 valence electrons. The number of carboxylic acids is 1. The molecule has 19 heavy (non-hydrogen) atoms. The third kappa shape index (κ3) is 8.39. The highest BCUT2D eigenvalue weighted by Crippen LogP contribution is 2.19. The van der Waals surface area contributed by atoms with Crippen molar-refractivity contribution in [2.24, 2.45) is 5.41 Å². The summed E-state index contributed by atoms with van der Waals surface area (Å²) < 4.78 is 9.96. The Morgan fingerprint density at radius 3 is 2.32 bits per heavy atom. The zero-order valence-electron chi connectivity index (χ0n) is 12.0. The van der Waals surface area contributed by atoms with Crippen LogP contribution in [0.25, 0.3) is 0 Å². The van der Waals surface area contributed by atoms with Crippen LogP contribution in [0.15, 0.2) is 0 Å². The van der Waals surface area contributed by atoms with Gasteiger partial charge in [0.25, 0.3) is 0 Å². The maximum atomic E-state index is 11.5. The Labute approximate surface area is 113 Å². The Balaban J connectivity index is 3.92. The number of hydrogen-bond donors (Lipinski definition) is 3. The molecule has 0 aliphatic rings. The Kier molecular flexibility index (Phi) is 8.09. The van der Waals surface area contributed by atoms with Crippen molar-refractivity contribution in [3.63, 3.8) is 0 Å². The van der Waals surface area contributed by atoms with E-state index in [0.29, 0.717) is 26.4 Å². The highest BCUT2D eigenvalue weighted by Gasteiger charge is 2.32. The molecule has 0 aliphatic heterocycles. The first kappa shape index (κ1) is 17.7. The summed E-state index contributed by atoms with van der Waals surface area (Å²) in [6, 6.07) is -1.46. The number of carbonyl (C=O) groups excluding carboxylic acids is 1. The van der Waals surface area contributed by atoms with Crippen LogP contribution in [0.5, 0.6) is 0 Å². The number of aliphatic carboxylic acids is 1. The molecule has 0 aliphatic carbocycles. The van der Waals surface area contributed by atoms with Crippen LogP contribution in [0.2, 0.25) is 0 Å². The Morgan fingerprint density at radius 2 is 1.84 bits per heavy atom. The van der Waals surface area contributed by atoms with Gasteiger partial charge in [-0.05, 0) is 5.41 Å². The molecule has 0 aromatic heterocycles. The number of rotatable bonds is 8. The second-order valence-electron chi connectivity index (χ2n) is 5.14. The molecule has 0 spiro atoms. The van der Waals surface area contributed by atoms with Crippen LogP contribution in [0.4, 0.5) is 4.79 Å². The van der Waals surface area contributed by atoms with Crippen LogP contribution in [0.1, 0.15) is 20.8 Å². The number of carboxylic acid groups (broad SMARTS) is 1. The van der Waals surface area contributed by atoms with Gasteiger partial charge in [0, 0.05) is 13.7 Å². The molecule has 1 atom stereocenters. The minimum atomic E-state index is -1.06. The fourth-order valence-electron chi connectivity index (χ4n) is 1.31. The van der Waals surface area contributed by atoms with E-state index in [2.05, 4.69) is 10.6 Å². The van der Waals surface area contributed by atoms with Gasteiger partial charge in [-0.15, -0.1) is 0 Å². The first-order valence-electron chi connectivity index (χ1n) is 6.13. The molecular weight excluding hydrogens is 252 g/mol. The first-order valence-corrected chi connectivity index (χ1v) is 6.13. The largest absolute Gasteiger partial charge is 0.480 e. The third-order valence-electron chi connectivity index (χ3n) is 2.35. The molecule has 0 radical (unpaired) electrons. The van der Waals surface area contributed by atoms with E-state index in [1.165, 1.54) is 0 Å². The zero-order chi connectivity index (χ0) is 14.9. The van der Waals surface area contributed by atoms with Crippen molar-refractivity contribution >= 4 is 12.0 Å². The summed E-state index contributed by atoms with van der Waals surface area (Å²) in [6.07, 6.45) is 0. The highest BCUT2D eigenvalue weighted by molar-refractivity contribution is 5.83. The predicted octanol–water partition coefficient (Wildman–Crippen LogP) is 0.448. The fraction of sp³-hybridized carbons (Fsp3) is 0.833. The minimum Gasteiger partial charge on any atom is -0.480 e. The van der Waals surface area contributed by atoms with E-state index in [9.17, 15) is 9.59 Å². The van der Waals surface area contributed by atoms with E-state index in [1.54, 1.807) is 27.9 Å². The molecule has 0 rings (SSSR count). The van der Waals surface area contributed by atoms with Crippen molar-refractivity contribution in [2.75, 3.05) is 33.5 Å². The van der Waals surface area contributed by atoms with Crippen LogP contribution in [0.3, 0.4) is 0 Å². The van der Waals surface area contributed by atoms with E-state index in [1.807, 2.05) is 0 Å². The average molecular weight is 276 g/mol. The molecule has 0 aromatic rings. The summed E-state index contributed by atoms with van der Waals surface area (Å²) in [6.45, 7) is 6.87. The fourth-order valence-corrected chi connectivity index (χ4v) is 1.31. The summed E-state index contributed by atoms with van der Waals surface area (Å²) in [7, 11) is 1.58. The van der Waals surface area contributed by atoms with E-state index in [0.717, 1.165) is 0 Å². The Bertz CT molecular complexity index is 288. The summed E-state index contributed by atoms with van der Waals surface area (Å²) in [5.41, 5.74) is -0.557. The summed E-state index contributed by atoms with van der Waals surface area (Å²) in [5, 5.41) is 14.0. The Hall–Kier alpha value is -1.34. The van der Waals surface area contributed by atoms with Gasteiger partial charge in [-0.25, -0.2) is 9.59 Å². The Morgan fingerprint density at radius 1 is 1.21 bits per heavy atom. The van der Waals surface area contributed by atoms with Gasteiger partial charge in [-0.1, -0.05) is 20.8 Å². The van der Waals surface area contributed by atoms with Gasteiger partial charge in [-0.2, -0.15) is 0 Å². The quantitative estimate of drug-likeness (QED) is 0.559. The molecule has 2 amide bonds. The van der Waals surface area contributed by atoms with Gasteiger partial charge in [0.15, 0.2) is 0 Å². The normalized spacial score (nSPS) is 12.8. The summed E-state index contributed by atoms with van der Waals surface area (Å²) in [5.74, 6) is -1.06. The standard InChI is InChI=1S/C12H24N2O5/c1-12(2,3)9(10(15)16)14-11(17)13-5-6-19-8-7-18-4/h9H,5-8H2,1-4H3,(H,15,16)(H2,13,14,17). The number of carbonyl (C=O) groups is 2. The van der Waals surface area contributed by atoms with Gasteiger partial charge in [0.05, 0.1) is 19.8 Å². The smallest absolute Gasteiger partial charge is 0.326 e. The minimum absolute atomic E-state index is 0.312. The van der Waals surface area contributed by atoms with Crippen molar-refractivity contribution in [3.8, 4) is 0 Å². The summed E-state index contributed by atoms with van der Waals surface area (Å²) in [4.78, 5) is 22.6. The number of methoxy groups -OCH3 is 1. The number of urea groups is 1. The lowest BCUT2D eigenvalue weighted by atomic mass is 9.87. The predicted molar refractivity (Wildman–Crippen MR) is 70.1 cm³/mol. The second-order valence-corrected chi connectivity index (χ2v) is 5.14. The van der Waals surface area contributed by atoms with Crippen molar-refractivity contribution in [2.45, 2.75) is 26.8 Å². The number of amides is 2. The van der Waals surface area contributed by atoms with Crippen LogP contribution >= 0.6 is 0 Å². The lowest BCUT2D eigenvalue weighted by Gasteiger charge is -2.27. The number of ether oxygens (including phenoxy) is 2. The molecule has 0 saturated heterocycles. The van der Waals surface area contributed by atoms with Crippen LogP contribution < -0.4 is 10.6 Å². The maximum Gasteiger partial charge on any atom is 0.326 e. The van der Waals surface area contributed by atoms with Crippen LogP contribution in [-0.2, 0) is 14.3 Å². The molecule has 0 fully saturated rings. The van der Waals surface area contributed by atoms with Crippen LogP contribution in [0, 0.1) is 5.41 Å². The molecule has 1 unspecified atom stereocenters. The molecule has 0 heterocycles. The number of hydrogen-bond acceptors (Lipinski definition) is 4. The van der Waals surface area contributed by atoms with Crippen LogP contribution in [-0.4, -0.2) is 56.6 Å². The number of nitrogens with one attached hydrogen (secondary N) is 2. The van der Waals surface area contributed by atoms with Gasteiger partial charge in [0.1, 0.15) is 6.04 Å². The molecule has 0 bridgehead atoms. The van der Waals surface area contributed by atoms with Crippen molar-refractivity contribution in [3.05, 3.63) is 0 Å². The van der Waals surface area contributed by atoms with Crippen molar-refractivity contribution in [1.82, 2.24) is 10.6 Å². The monoisotopic (exact) mass is 276 g/mol. The van der Waals surface area contributed by atoms with E-state index < -0.39 is 23.5 Å². The molecule has 0 aromatic carbocycles. The summed E-state index contributed by atoms with van der Waals surface area (Å²) >= 11 is 0. The zero-order valence-corrected chi connectivity index (χ0v) is 12.0. The maximum absolute atomic E-state index is 11.5. The van der Waals surface area contributed by atoms with Gasteiger partial charge < -0.3 is 25.2 Å². The topological polar surface area (TPSA) is 96.9 Å². The lowest BCUT2D eigenvalue weighted by molar-refractivity contribution is -0.141. The van der Waals surface area contributed by atoms with E-state index in [4.69, 9.17) is 14.6 Å². The first-order chi connectivity index (χ1) is 8.79. The van der Waals surface area contributed by atoms with Gasteiger partial charge in [-0.3, -0.25) is 0 Å². The average Bonchev–Trinajstić information content (AvgIpc) is 2.28. The third-order valence-corrected chi connectivity index (χ3v) is 2.35. The van der Waals surface area contributed by atoms with Crippen molar-refractivity contribution < 1.29 is 24.2 Å². The van der Waals surface area contributed by atoms with Crippen molar-refractivity contribution in [1.29, 1.82) is 0 Å². The van der Waals surface area contributed by atoms with Gasteiger partial charge >= 0.3 is 12.0 Å². The molecule has 3 N–H and O–H groups in total. The molecule has 7 nitrogen and oxygen atoms in total. The van der Waals surface area contributed by atoms with Gasteiger partial charge in [0.2, 0.25) is 0 Å². The highest BCUT2D eigenvalue weighted by atomic mass is 16.5.